The van der Waals surface area contributed by atoms with E-state index in [0.717, 1.165) is 79.3 Å². The zero-order valence-electron chi connectivity index (χ0n) is 27.1. The van der Waals surface area contributed by atoms with Crippen LogP contribution in [0.1, 0.15) is 88.0 Å². The molecule has 0 aliphatic rings. The fourth-order valence-electron chi connectivity index (χ4n) is 5.53. The quantitative estimate of drug-likeness (QED) is 0.0804. The van der Waals surface area contributed by atoms with Crippen molar-refractivity contribution in [1.29, 1.82) is 0 Å². The molecule has 10 heteroatoms. The number of unbranched alkanes of at least 4 members (excludes halogenated alkanes) is 3. The highest BCUT2D eigenvalue weighted by molar-refractivity contribution is 6.92. The summed E-state index contributed by atoms with van der Waals surface area (Å²) in [6, 6.07) is 12.4. The van der Waals surface area contributed by atoms with E-state index in [9.17, 15) is 0 Å². The smallest absolute Gasteiger partial charge is 0.416 e. The third kappa shape index (κ3) is 11.4. The standard InChI is InChI=1S/C27H66O5Si5/c1-13-34(14-2,15-3)30-37(31-35(16-4,17-5)18-6,32-36(19-7,20-8)21-9)27-25-23-22-24-26-33(12,28-10)29-11/h13-27H2,1-12H3. The van der Waals surface area contributed by atoms with E-state index in [2.05, 4.69) is 68.9 Å². The van der Waals surface area contributed by atoms with Crippen LogP contribution in [0.4, 0.5) is 0 Å². The molecule has 0 heterocycles. The van der Waals surface area contributed by atoms with Gasteiger partial charge in [-0.3, -0.25) is 0 Å². The lowest BCUT2D eigenvalue weighted by molar-refractivity contribution is 0.236. The van der Waals surface area contributed by atoms with Gasteiger partial charge in [-0.25, -0.2) is 0 Å². The van der Waals surface area contributed by atoms with Crippen molar-refractivity contribution in [2.24, 2.45) is 0 Å². The lowest BCUT2D eigenvalue weighted by Crippen LogP contribution is -2.64. The fourth-order valence-corrected chi connectivity index (χ4v) is 28.1. The topological polar surface area (TPSA) is 46.2 Å². The van der Waals surface area contributed by atoms with Crippen molar-refractivity contribution < 1.29 is 21.2 Å². The molecular formula is C27H66O5Si5. The Kier molecular flexibility index (Phi) is 18.8. The second-order valence-electron chi connectivity index (χ2n) is 11.2. The van der Waals surface area contributed by atoms with E-state index in [1.807, 2.05) is 0 Å². The molecule has 0 radical (unpaired) electrons. The van der Waals surface area contributed by atoms with Crippen LogP contribution in [-0.2, 0) is 21.2 Å². The van der Waals surface area contributed by atoms with Crippen LogP contribution in [0.2, 0.25) is 73.0 Å². The van der Waals surface area contributed by atoms with Gasteiger partial charge >= 0.3 is 17.4 Å². The minimum Gasteiger partial charge on any atom is -0.416 e. The Hall–Kier alpha value is 0.884. The van der Waals surface area contributed by atoms with Gasteiger partial charge in [0.2, 0.25) is 0 Å². The summed E-state index contributed by atoms with van der Waals surface area (Å²) in [7, 11) is -6.98. The van der Waals surface area contributed by atoms with Gasteiger partial charge < -0.3 is 21.2 Å². The molecule has 0 unspecified atom stereocenters. The molecule has 0 rings (SSSR count). The van der Waals surface area contributed by atoms with Crippen LogP contribution >= 0.6 is 0 Å². The maximum atomic E-state index is 7.56. The average molecular weight is 611 g/mol. The zero-order valence-corrected chi connectivity index (χ0v) is 32.1. The highest BCUT2D eigenvalue weighted by Crippen LogP contribution is 2.39. The van der Waals surface area contributed by atoms with E-state index in [0.29, 0.717) is 0 Å². The van der Waals surface area contributed by atoms with Gasteiger partial charge in [-0.1, -0.05) is 81.6 Å². The Morgan fingerprint density at radius 1 is 0.405 bits per heavy atom. The highest BCUT2D eigenvalue weighted by atomic mass is 28.5. The average Bonchev–Trinajstić information content (AvgIpc) is 2.95. The lowest BCUT2D eigenvalue weighted by Gasteiger charge is -2.48. The number of rotatable bonds is 24. The molecule has 0 amide bonds. The molecule has 0 saturated carbocycles. The van der Waals surface area contributed by atoms with Crippen molar-refractivity contribution >= 4 is 42.3 Å². The molecule has 0 aromatic heterocycles. The first kappa shape index (κ1) is 37.9. The summed E-state index contributed by atoms with van der Waals surface area (Å²) in [6.07, 6.45) is 4.69. The highest BCUT2D eigenvalue weighted by Gasteiger charge is 2.54. The Labute approximate surface area is 238 Å². The molecule has 0 aromatic carbocycles. The van der Waals surface area contributed by atoms with Gasteiger partial charge in [0.1, 0.15) is 0 Å². The summed E-state index contributed by atoms with van der Waals surface area (Å²) in [5.41, 5.74) is 0. The van der Waals surface area contributed by atoms with Crippen LogP contribution in [0.25, 0.3) is 0 Å². The first-order chi connectivity index (χ1) is 17.5. The minimum absolute atomic E-state index is 0.995. The third-order valence-corrected chi connectivity index (χ3v) is 34.1. The molecule has 0 aromatic rings. The molecule has 0 saturated heterocycles. The van der Waals surface area contributed by atoms with E-state index in [1.54, 1.807) is 14.2 Å². The predicted molar refractivity (Wildman–Crippen MR) is 174 cm³/mol. The second kappa shape index (κ2) is 18.3. The van der Waals surface area contributed by atoms with Gasteiger partial charge in [0, 0.05) is 20.3 Å². The summed E-state index contributed by atoms with van der Waals surface area (Å²) in [4.78, 5) is 0. The van der Waals surface area contributed by atoms with E-state index >= 15 is 0 Å². The molecule has 0 fully saturated rings. The molecule has 0 spiro atoms. The van der Waals surface area contributed by atoms with Crippen LogP contribution < -0.4 is 0 Å². The fraction of sp³-hybridized carbons (Fsp3) is 1.00. The molecule has 0 bridgehead atoms. The van der Waals surface area contributed by atoms with E-state index in [-0.39, 0.29) is 0 Å². The van der Waals surface area contributed by atoms with Gasteiger partial charge in [0.05, 0.1) is 0 Å². The van der Waals surface area contributed by atoms with Gasteiger partial charge in [-0.05, 0) is 73.4 Å². The van der Waals surface area contributed by atoms with Crippen LogP contribution in [0.3, 0.4) is 0 Å². The summed E-state index contributed by atoms with van der Waals surface area (Å²) in [5, 5.41) is 0. The molecule has 0 atom stereocenters. The van der Waals surface area contributed by atoms with Crippen LogP contribution in [-0.4, -0.2) is 56.5 Å². The van der Waals surface area contributed by atoms with Crippen molar-refractivity contribution in [3.8, 4) is 0 Å². The first-order valence-electron chi connectivity index (χ1n) is 15.7. The first-order valence-corrected chi connectivity index (χ1v) is 27.7. The molecule has 0 N–H and O–H groups in total. The summed E-state index contributed by atoms with van der Waals surface area (Å²) >= 11 is 0. The third-order valence-electron chi connectivity index (χ3n) is 9.64. The molecule has 37 heavy (non-hydrogen) atoms. The normalized spacial score (nSPS) is 13.9. The van der Waals surface area contributed by atoms with Crippen molar-refractivity contribution in [2.45, 2.75) is 161 Å². The van der Waals surface area contributed by atoms with Crippen molar-refractivity contribution in [1.82, 2.24) is 0 Å². The summed E-state index contributed by atoms with van der Waals surface area (Å²) in [5.74, 6) is 0. The number of hydrogen-bond acceptors (Lipinski definition) is 5. The van der Waals surface area contributed by atoms with Gasteiger partial charge in [-0.2, -0.15) is 0 Å². The molecule has 224 valence electrons. The van der Waals surface area contributed by atoms with Crippen molar-refractivity contribution in [2.75, 3.05) is 14.2 Å². The Bertz CT molecular complexity index is 500. The van der Waals surface area contributed by atoms with Gasteiger partial charge in [0.25, 0.3) is 0 Å². The van der Waals surface area contributed by atoms with Gasteiger partial charge in [-0.15, -0.1) is 0 Å². The summed E-state index contributed by atoms with van der Waals surface area (Å²) < 4.78 is 34.1. The molecule has 0 aliphatic heterocycles. The van der Waals surface area contributed by atoms with Crippen LogP contribution in [0, 0.1) is 0 Å². The molecular weight excluding hydrogens is 545 g/mol. The van der Waals surface area contributed by atoms with E-state index < -0.39 is 42.3 Å². The predicted octanol–water partition coefficient (Wildman–Crippen LogP) is 9.92. The maximum absolute atomic E-state index is 7.56. The maximum Gasteiger partial charge on any atom is 0.469 e. The Morgan fingerprint density at radius 3 is 0.919 bits per heavy atom. The number of hydrogen-bond donors (Lipinski definition) is 0. The van der Waals surface area contributed by atoms with E-state index in [1.165, 1.54) is 12.8 Å². The zero-order chi connectivity index (χ0) is 28.6. The Balaban J connectivity index is 6.21. The van der Waals surface area contributed by atoms with Crippen molar-refractivity contribution in [3.63, 3.8) is 0 Å². The summed E-state index contributed by atoms with van der Waals surface area (Å²) in [6.45, 7) is 23.3. The molecule has 5 nitrogen and oxygen atoms in total. The largest absolute Gasteiger partial charge is 0.469 e. The lowest BCUT2D eigenvalue weighted by atomic mass is 10.2. The minimum atomic E-state index is -2.86. The monoisotopic (exact) mass is 610 g/mol. The second-order valence-corrected chi connectivity index (χ2v) is 32.5. The van der Waals surface area contributed by atoms with Crippen LogP contribution in [0.5, 0.6) is 0 Å². The van der Waals surface area contributed by atoms with E-state index in [4.69, 9.17) is 21.2 Å². The molecule has 0 aliphatic carbocycles. The Morgan fingerprint density at radius 2 is 0.676 bits per heavy atom. The van der Waals surface area contributed by atoms with Gasteiger partial charge in [0.15, 0.2) is 25.0 Å². The SMILES string of the molecule is CC[Si](CC)(CC)O[Si](CCCCCC[Si](C)(OC)OC)(O[Si](CC)(CC)CC)O[Si](CC)(CC)CC. The van der Waals surface area contributed by atoms with Crippen LogP contribution in [0.15, 0.2) is 0 Å². The van der Waals surface area contributed by atoms with Crippen molar-refractivity contribution in [3.05, 3.63) is 0 Å².